The molecule has 4 nitrogen and oxygen atoms in total. The van der Waals surface area contributed by atoms with Crippen molar-refractivity contribution in [3.63, 3.8) is 0 Å². The van der Waals surface area contributed by atoms with Crippen LogP contribution in [0.5, 0.6) is 5.75 Å². The maximum atomic E-state index is 11.8. The van der Waals surface area contributed by atoms with Gasteiger partial charge in [-0.05, 0) is 32.1 Å². The van der Waals surface area contributed by atoms with E-state index in [1.54, 1.807) is 6.07 Å². The Labute approximate surface area is 110 Å². The van der Waals surface area contributed by atoms with Gasteiger partial charge in [-0.1, -0.05) is 6.08 Å². The van der Waals surface area contributed by atoms with Crippen molar-refractivity contribution >= 4 is 23.4 Å². The lowest BCUT2D eigenvalue weighted by atomic mass is 9.88. The molecule has 1 N–H and O–H groups in total. The molecule has 19 heavy (non-hydrogen) atoms. The molecular weight excluding hydrogens is 244 g/mol. The van der Waals surface area contributed by atoms with Crippen LogP contribution < -0.4 is 4.74 Å². The molecule has 0 atom stereocenters. The number of ketones is 2. The Bertz CT molecular complexity index is 678. The van der Waals surface area contributed by atoms with Crippen molar-refractivity contribution in [2.24, 2.45) is 0 Å². The van der Waals surface area contributed by atoms with Gasteiger partial charge in [-0.25, -0.2) is 0 Å². The first-order valence-electron chi connectivity index (χ1n) is 5.94. The number of rotatable bonds is 0. The van der Waals surface area contributed by atoms with E-state index in [9.17, 15) is 14.7 Å². The predicted molar refractivity (Wildman–Crippen MR) is 70.1 cm³/mol. The van der Waals surface area contributed by atoms with Gasteiger partial charge in [-0.2, -0.15) is 0 Å². The van der Waals surface area contributed by atoms with Crippen LogP contribution >= 0.6 is 0 Å². The van der Waals surface area contributed by atoms with Crippen molar-refractivity contribution in [1.82, 2.24) is 0 Å². The number of carbonyl (C=O) groups excluding carboxylic acids is 2. The van der Waals surface area contributed by atoms with Gasteiger partial charge in [0, 0.05) is 22.8 Å². The summed E-state index contributed by atoms with van der Waals surface area (Å²) in [6, 6.07) is 3.18. The highest BCUT2D eigenvalue weighted by Gasteiger charge is 2.31. The van der Waals surface area contributed by atoms with Gasteiger partial charge in [0.25, 0.3) is 0 Å². The minimum absolute atomic E-state index is 0.190. The van der Waals surface area contributed by atoms with E-state index < -0.39 is 17.2 Å². The summed E-state index contributed by atoms with van der Waals surface area (Å²) in [5, 5.41) is 9.93. The maximum absolute atomic E-state index is 11.8. The molecule has 4 heteroatoms. The topological polar surface area (TPSA) is 63.6 Å². The minimum Gasteiger partial charge on any atom is -0.507 e. The number of carbonyl (C=O) groups is 2. The Morgan fingerprint density at radius 1 is 1.21 bits per heavy atom. The van der Waals surface area contributed by atoms with Crippen molar-refractivity contribution < 1.29 is 19.4 Å². The van der Waals surface area contributed by atoms with E-state index in [2.05, 4.69) is 0 Å². The number of aliphatic hydroxyl groups excluding tert-OH is 1. The van der Waals surface area contributed by atoms with Crippen molar-refractivity contribution in [1.29, 1.82) is 0 Å². The van der Waals surface area contributed by atoms with Gasteiger partial charge in [0.1, 0.15) is 17.1 Å². The molecule has 96 valence electrons. The lowest BCUT2D eigenvalue weighted by molar-refractivity contribution is -0.111. The summed E-state index contributed by atoms with van der Waals surface area (Å²) in [4.78, 5) is 23.2. The van der Waals surface area contributed by atoms with E-state index >= 15 is 0 Å². The van der Waals surface area contributed by atoms with E-state index in [-0.39, 0.29) is 11.3 Å². The molecule has 0 spiro atoms. The van der Waals surface area contributed by atoms with Crippen LogP contribution in [0.3, 0.4) is 0 Å². The third-order valence-electron chi connectivity index (χ3n) is 3.22. The van der Waals surface area contributed by atoms with Crippen LogP contribution in [0.15, 0.2) is 24.3 Å². The fourth-order valence-corrected chi connectivity index (χ4v) is 2.32. The molecule has 1 heterocycles. The molecule has 0 saturated carbocycles. The molecule has 0 aromatic heterocycles. The molecule has 0 saturated heterocycles. The molecule has 0 bridgehead atoms. The predicted octanol–water partition coefficient (Wildman–Crippen LogP) is 2.54. The molecule has 1 aliphatic carbocycles. The summed E-state index contributed by atoms with van der Waals surface area (Å²) in [6.45, 7) is 3.83. The van der Waals surface area contributed by atoms with Crippen molar-refractivity contribution in [2.75, 3.05) is 0 Å². The first-order valence-corrected chi connectivity index (χ1v) is 5.94. The van der Waals surface area contributed by atoms with Gasteiger partial charge in [0.2, 0.25) is 11.6 Å². The number of hydrogen-bond acceptors (Lipinski definition) is 4. The molecule has 1 aliphatic heterocycles. The number of hydrogen-bond donors (Lipinski definition) is 1. The van der Waals surface area contributed by atoms with Gasteiger partial charge in [-0.15, -0.1) is 0 Å². The van der Waals surface area contributed by atoms with Crippen LogP contribution in [0.25, 0.3) is 11.8 Å². The first kappa shape index (κ1) is 11.7. The van der Waals surface area contributed by atoms with Crippen LogP contribution in [-0.2, 0) is 4.79 Å². The SMILES string of the molecule is CC1(C)C=Cc2c(ccc3c2C(O)=CC(=O)C3=O)O1. The number of Topliss-reactive ketones (excluding diaryl/α,β-unsaturated/α-hetero) is 1. The molecular formula is C15H12O4. The molecule has 1 aromatic rings. The average molecular weight is 256 g/mol. The highest BCUT2D eigenvalue weighted by molar-refractivity contribution is 6.50. The Balaban J connectivity index is 2.27. The Morgan fingerprint density at radius 3 is 2.68 bits per heavy atom. The first-order chi connectivity index (χ1) is 8.89. The van der Waals surface area contributed by atoms with Gasteiger partial charge in [0.15, 0.2) is 0 Å². The molecule has 0 unspecified atom stereocenters. The zero-order valence-corrected chi connectivity index (χ0v) is 10.6. The summed E-state index contributed by atoms with van der Waals surface area (Å²) in [7, 11) is 0. The molecule has 2 aliphatic rings. The van der Waals surface area contributed by atoms with Crippen LogP contribution in [-0.4, -0.2) is 22.3 Å². The zero-order chi connectivity index (χ0) is 13.8. The summed E-state index contributed by atoms with van der Waals surface area (Å²) in [5.41, 5.74) is 0.784. The van der Waals surface area contributed by atoms with E-state index in [4.69, 9.17) is 4.74 Å². The highest BCUT2D eigenvalue weighted by atomic mass is 16.5. The highest BCUT2D eigenvalue weighted by Crippen LogP contribution is 2.38. The van der Waals surface area contributed by atoms with E-state index in [1.165, 1.54) is 6.07 Å². The van der Waals surface area contributed by atoms with Crippen LogP contribution in [0.4, 0.5) is 0 Å². The fourth-order valence-electron chi connectivity index (χ4n) is 2.32. The lowest BCUT2D eigenvalue weighted by Crippen LogP contribution is -2.28. The maximum Gasteiger partial charge on any atom is 0.233 e. The average Bonchev–Trinajstić information content (AvgIpc) is 2.33. The summed E-state index contributed by atoms with van der Waals surface area (Å²) >= 11 is 0. The van der Waals surface area contributed by atoms with Crippen LogP contribution in [0.1, 0.15) is 35.3 Å². The second-order valence-electron chi connectivity index (χ2n) is 5.16. The van der Waals surface area contributed by atoms with Crippen molar-refractivity contribution in [2.45, 2.75) is 19.4 Å². The summed E-state index contributed by atoms with van der Waals surface area (Å²) in [6.07, 6.45) is 4.62. The lowest BCUT2D eigenvalue weighted by Gasteiger charge is -2.29. The number of ether oxygens (including phenoxy) is 1. The molecule has 0 amide bonds. The van der Waals surface area contributed by atoms with Gasteiger partial charge in [0.05, 0.1) is 0 Å². The normalized spacial score (nSPS) is 19.4. The fraction of sp³-hybridized carbons (Fsp3) is 0.200. The third-order valence-corrected chi connectivity index (χ3v) is 3.22. The summed E-state index contributed by atoms with van der Waals surface area (Å²) < 4.78 is 5.77. The van der Waals surface area contributed by atoms with Gasteiger partial charge < -0.3 is 9.84 Å². The van der Waals surface area contributed by atoms with Gasteiger partial charge >= 0.3 is 0 Å². The Kier molecular flexibility index (Phi) is 2.20. The third kappa shape index (κ3) is 1.68. The molecule has 3 rings (SSSR count). The second kappa shape index (κ2) is 3.57. The number of aliphatic hydroxyl groups is 1. The van der Waals surface area contributed by atoms with Crippen LogP contribution in [0, 0.1) is 0 Å². The van der Waals surface area contributed by atoms with E-state index in [1.807, 2.05) is 26.0 Å². The molecule has 0 radical (unpaired) electrons. The molecule has 1 aromatic carbocycles. The molecule has 0 fully saturated rings. The monoisotopic (exact) mass is 256 g/mol. The second-order valence-corrected chi connectivity index (χ2v) is 5.16. The standard InChI is InChI=1S/C15H12O4/c1-15(2)6-5-8-12(19-15)4-3-9-13(8)10(16)7-11(17)14(9)18/h3-7,16H,1-2H3. The Morgan fingerprint density at radius 2 is 1.95 bits per heavy atom. The Hall–Kier alpha value is -2.36. The van der Waals surface area contributed by atoms with E-state index in [0.717, 1.165) is 6.08 Å². The zero-order valence-electron chi connectivity index (χ0n) is 10.6. The van der Waals surface area contributed by atoms with Crippen LogP contribution in [0.2, 0.25) is 0 Å². The minimum atomic E-state index is -0.703. The number of allylic oxidation sites excluding steroid dienone is 1. The number of benzene rings is 1. The van der Waals surface area contributed by atoms with E-state index in [0.29, 0.717) is 16.9 Å². The van der Waals surface area contributed by atoms with Crippen molar-refractivity contribution in [3.8, 4) is 5.75 Å². The van der Waals surface area contributed by atoms with Crippen molar-refractivity contribution in [3.05, 3.63) is 41.0 Å². The quantitative estimate of drug-likeness (QED) is 0.724. The summed E-state index contributed by atoms with van der Waals surface area (Å²) in [5.74, 6) is -0.905. The van der Waals surface area contributed by atoms with Gasteiger partial charge in [-0.3, -0.25) is 9.59 Å². The smallest absolute Gasteiger partial charge is 0.233 e. The largest absolute Gasteiger partial charge is 0.507 e. The number of fused-ring (bicyclic) bond motifs is 3.